The Balaban J connectivity index is 1.56. The number of nitrogens with one attached hydrogen (secondary N) is 1. The van der Waals surface area contributed by atoms with E-state index in [1.807, 2.05) is 30.0 Å². The van der Waals surface area contributed by atoms with Gasteiger partial charge in [0.05, 0.1) is 5.52 Å². The number of hydrogen-bond acceptors (Lipinski definition) is 4. The standard InChI is InChI=1S/C14H17N3S/c1-2-4-13-12(3-1)14(17-10-16-13)18-8-7-15-9-11-5-6-11/h1-4,10-11,15H,5-9H2. The van der Waals surface area contributed by atoms with E-state index in [-0.39, 0.29) is 0 Å². The van der Waals surface area contributed by atoms with Gasteiger partial charge in [-0.2, -0.15) is 0 Å². The lowest BCUT2D eigenvalue weighted by Crippen LogP contribution is -2.19. The van der Waals surface area contributed by atoms with Crippen LogP contribution in [0.2, 0.25) is 0 Å². The van der Waals surface area contributed by atoms with Crippen molar-refractivity contribution < 1.29 is 0 Å². The Bertz CT molecular complexity index is 520. The highest BCUT2D eigenvalue weighted by Gasteiger charge is 2.19. The van der Waals surface area contributed by atoms with Gasteiger partial charge >= 0.3 is 0 Å². The summed E-state index contributed by atoms with van der Waals surface area (Å²) in [6.07, 6.45) is 4.48. The Hall–Kier alpha value is -1.13. The Morgan fingerprint density at radius 2 is 2.11 bits per heavy atom. The molecule has 4 heteroatoms. The molecule has 3 nitrogen and oxygen atoms in total. The number of hydrogen-bond donors (Lipinski definition) is 1. The van der Waals surface area contributed by atoms with Gasteiger partial charge in [0.25, 0.3) is 0 Å². The summed E-state index contributed by atoms with van der Waals surface area (Å²) in [5, 5.41) is 5.75. The Labute approximate surface area is 111 Å². The van der Waals surface area contributed by atoms with E-state index in [1.54, 1.807) is 6.33 Å². The number of fused-ring (bicyclic) bond motifs is 1. The van der Waals surface area contributed by atoms with Crippen molar-refractivity contribution in [2.75, 3.05) is 18.8 Å². The number of thioether (sulfide) groups is 1. The Morgan fingerprint density at radius 1 is 1.22 bits per heavy atom. The van der Waals surface area contributed by atoms with Gasteiger partial charge in [-0.05, 0) is 31.4 Å². The molecule has 0 spiro atoms. The summed E-state index contributed by atoms with van der Waals surface area (Å²) in [6.45, 7) is 2.24. The van der Waals surface area contributed by atoms with Crippen LogP contribution in [-0.4, -0.2) is 28.8 Å². The summed E-state index contributed by atoms with van der Waals surface area (Å²) in [5.41, 5.74) is 1.03. The third kappa shape index (κ3) is 3.00. The molecule has 0 amide bonds. The van der Waals surface area contributed by atoms with Crippen LogP contribution < -0.4 is 5.32 Å². The summed E-state index contributed by atoms with van der Waals surface area (Å²) in [4.78, 5) is 8.65. The smallest absolute Gasteiger partial charge is 0.117 e. The highest BCUT2D eigenvalue weighted by molar-refractivity contribution is 7.99. The van der Waals surface area contributed by atoms with Crippen LogP contribution in [0.25, 0.3) is 10.9 Å². The van der Waals surface area contributed by atoms with E-state index in [1.165, 1.54) is 19.4 Å². The van der Waals surface area contributed by atoms with Crippen molar-refractivity contribution >= 4 is 22.7 Å². The molecule has 1 heterocycles. The molecular formula is C14H17N3S. The molecule has 1 fully saturated rings. The second-order valence-electron chi connectivity index (χ2n) is 4.69. The van der Waals surface area contributed by atoms with Crippen molar-refractivity contribution in [2.24, 2.45) is 5.92 Å². The van der Waals surface area contributed by atoms with Crippen molar-refractivity contribution in [3.8, 4) is 0 Å². The van der Waals surface area contributed by atoms with E-state index in [0.717, 1.165) is 34.1 Å². The zero-order valence-corrected chi connectivity index (χ0v) is 11.1. The fourth-order valence-corrected chi connectivity index (χ4v) is 2.83. The van der Waals surface area contributed by atoms with E-state index in [9.17, 15) is 0 Å². The minimum Gasteiger partial charge on any atom is -0.316 e. The fourth-order valence-electron chi connectivity index (χ4n) is 1.94. The topological polar surface area (TPSA) is 37.8 Å². The van der Waals surface area contributed by atoms with E-state index in [2.05, 4.69) is 21.4 Å². The quantitative estimate of drug-likeness (QED) is 0.492. The van der Waals surface area contributed by atoms with Crippen LogP contribution in [0, 0.1) is 5.92 Å². The van der Waals surface area contributed by atoms with Crippen LogP contribution in [0.3, 0.4) is 0 Å². The minimum atomic E-state index is 0.954. The molecule has 3 rings (SSSR count). The molecule has 0 radical (unpaired) electrons. The highest BCUT2D eigenvalue weighted by atomic mass is 32.2. The maximum atomic E-state index is 4.38. The molecule has 0 atom stereocenters. The van der Waals surface area contributed by atoms with Crippen LogP contribution in [0.15, 0.2) is 35.6 Å². The van der Waals surface area contributed by atoms with Gasteiger partial charge in [0.1, 0.15) is 11.4 Å². The van der Waals surface area contributed by atoms with Crippen molar-refractivity contribution in [3.05, 3.63) is 30.6 Å². The van der Waals surface area contributed by atoms with Crippen LogP contribution in [0.1, 0.15) is 12.8 Å². The van der Waals surface area contributed by atoms with Gasteiger partial charge in [-0.1, -0.05) is 18.2 Å². The molecule has 94 valence electrons. The number of para-hydroxylation sites is 1. The average Bonchev–Trinajstić information content (AvgIpc) is 3.23. The molecule has 0 bridgehead atoms. The molecule has 1 N–H and O–H groups in total. The molecule has 1 saturated carbocycles. The van der Waals surface area contributed by atoms with Crippen molar-refractivity contribution in [1.29, 1.82) is 0 Å². The summed E-state index contributed by atoms with van der Waals surface area (Å²) in [7, 11) is 0. The average molecular weight is 259 g/mol. The number of benzene rings is 1. The second-order valence-corrected chi connectivity index (χ2v) is 5.78. The van der Waals surface area contributed by atoms with Gasteiger partial charge in [-0.25, -0.2) is 9.97 Å². The fraction of sp³-hybridized carbons (Fsp3) is 0.429. The third-order valence-corrected chi connectivity index (χ3v) is 4.16. The predicted octanol–water partition coefficient (Wildman–Crippen LogP) is 2.72. The van der Waals surface area contributed by atoms with Gasteiger partial charge in [0.2, 0.25) is 0 Å². The molecular weight excluding hydrogens is 242 g/mol. The molecule has 1 aliphatic carbocycles. The van der Waals surface area contributed by atoms with Gasteiger partial charge in [-0.15, -0.1) is 11.8 Å². The first-order valence-corrected chi connectivity index (χ1v) is 7.45. The number of aromatic nitrogens is 2. The molecule has 1 aliphatic rings. The van der Waals surface area contributed by atoms with Crippen molar-refractivity contribution in [1.82, 2.24) is 15.3 Å². The van der Waals surface area contributed by atoms with Crippen LogP contribution in [0.4, 0.5) is 0 Å². The van der Waals surface area contributed by atoms with Crippen molar-refractivity contribution in [2.45, 2.75) is 17.9 Å². The minimum absolute atomic E-state index is 0.954. The lowest BCUT2D eigenvalue weighted by atomic mass is 10.2. The third-order valence-electron chi connectivity index (χ3n) is 3.15. The predicted molar refractivity (Wildman–Crippen MR) is 75.9 cm³/mol. The molecule has 0 unspecified atom stereocenters. The van der Waals surface area contributed by atoms with Gasteiger partial charge < -0.3 is 5.32 Å². The zero-order valence-electron chi connectivity index (χ0n) is 10.3. The van der Waals surface area contributed by atoms with E-state index in [4.69, 9.17) is 0 Å². The number of rotatable bonds is 6. The largest absolute Gasteiger partial charge is 0.316 e. The van der Waals surface area contributed by atoms with Crippen LogP contribution >= 0.6 is 11.8 Å². The lowest BCUT2D eigenvalue weighted by molar-refractivity contribution is 0.665. The molecule has 0 aliphatic heterocycles. The maximum Gasteiger partial charge on any atom is 0.117 e. The summed E-state index contributed by atoms with van der Waals surface area (Å²) < 4.78 is 0. The Morgan fingerprint density at radius 3 is 3.00 bits per heavy atom. The van der Waals surface area contributed by atoms with E-state index < -0.39 is 0 Å². The first-order chi connectivity index (χ1) is 8.93. The number of nitrogens with zero attached hydrogens (tertiary/aromatic N) is 2. The van der Waals surface area contributed by atoms with Crippen LogP contribution in [0.5, 0.6) is 0 Å². The monoisotopic (exact) mass is 259 g/mol. The Kier molecular flexibility index (Phi) is 3.76. The van der Waals surface area contributed by atoms with Gasteiger partial charge in [0, 0.05) is 17.7 Å². The maximum absolute atomic E-state index is 4.38. The zero-order chi connectivity index (χ0) is 12.2. The van der Waals surface area contributed by atoms with Crippen molar-refractivity contribution in [3.63, 3.8) is 0 Å². The molecule has 18 heavy (non-hydrogen) atoms. The van der Waals surface area contributed by atoms with Gasteiger partial charge in [0.15, 0.2) is 0 Å². The summed E-state index contributed by atoms with van der Waals surface area (Å²) >= 11 is 1.81. The molecule has 2 aromatic rings. The normalized spacial score (nSPS) is 15.1. The second kappa shape index (κ2) is 5.67. The summed E-state index contributed by atoms with van der Waals surface area (Å²) in [5.74, 6) is 2.02. The van der Waals surface area contributed by atoms with Gasteiger partial charge in [-0.3, -0.25) is 0 Å². The molecule has 1 aromatic heterocycles. The van der Waals surface area contributed by atoms with E-state index in [0.29, 0.717) is 0 Å². The lowest BCUT2D eigenvalue weighted by Gasteiger charge is -2.05. The highest BCUT2D eigenvalue weighted by Crippen LogP contribution is 2.27. The van der Waals surface area contributed by atoms with Crippen LogP contribution in [-0.2, 0) is 0 Å². The van der Waals surface area contributed by atoms with E-state index >= 15 is 0 Å². The summed E-state index contributed by atoms with van der Waals surface area (Å²) in [6, 6.07) is 8.18. The molecule has 1 aromatic carbocycles. The molecule has 0 saturated heterocycles. The SMILES string of the molecule is c1ccc2c(SCCNCC3CC3)ncnc2c1. The first-order valence-electron chi connectivity index (χ1n) is 6.47. The first kappa shape index (κ1) is 11.9.